The first-order valence-electron chi connectivity index (χ1n) is 6.77. The van der Waals surface area contributed by atoms with Crippen LogP contribution in [-0.4, -0.2) is 31.1 Å². The SMILES string of the molecule is C=C(C(C)C)N(CCC)CCNCCCC. The molecule has 0 unspecified atom stereocenters. The van der Waals surface area contributed by atoms with E-state index in [0.29, 0.717) is 5.92 Å². The molecule has 0 heterocycles. The zero-order valence-electron chi connectivity index (χ0n) is 11.7. The van der Waals surface area contributed by atoms with Crippen molar-refractivity contribution in [3.63, 3.8) is 0 Å². The molecule has 0 saturated heterocycles. The molecule has 0 bridgehead atoms. The summed E-state index contributed by atoms with van der Waals surface area (Å²) in [7, 11) is 0. The molecule has 0 aliphatic carbocycles. The van der Waals surface area contributed by atoms with Crippen LogP contribution in [0.5, 0.6) is 0 Å². The van der Waals surface area contributed by atoms with Gasteiger partial charge >= 0.3 is 0 Å². The summed E-state index contributed by atoms with van der Waals surface area (Å²) in [6.07, 6.45) is 3.74. The van der Waals surface area contributed by atoms with E-state index >= 15 is 0 Å². The molecular formula is C14H30N2. The van der Waals surface area contributed by atoms with Gasteiger partial charge in [-0.15, -0.1) is 0 Å². The maximum Gasteiger partial charge on any atom is 0.0300 e. The fourth-order valence-corrected chi connectivity index (χ4v) is 1.67. The maximum absolute atomic E-state index is 4.19. The lowest BCUT2D eigenvalue weighted by Crippen LogP contribution is -2.33. The highest BCUT2D eigenvalue weighted by Crippen LogP contribution is 2.12. The summed E-state index contributed by atoms with van der Waals surface area (Å²) < 4.78 is 0. The average molecular weight is 226 g/mol. The van der Waals surface area contributed by atoms with Gasteiger partial charge < -0.3 is 10.2 Å². The molecule has 0 aliphatic rings. The lowest BCUT2D eigenvalue weighted by molar-refractivity contribution is 0.312. The Morgan fingerprint density at radius 2 is 1.81 bits per heavy atom. The van der Waals surface area contributed by atoms with Crippen LogP contribution >= 0.6 is 0 Å². The van der Waals surface area contributed by atoms with Gasteiger partial charge in [0.05, 0.1) is 0 Å². The van der Waals surface area contributed by atoms with Crippen molar-refractivity contribution in [1.82, 2.24) is 10.2 Å². The summed E-state index contributed by atoms with van der Waals surface area (Å²) in [5, 5.41) is 3.49. The first-order valence-corrected chi connectivity index (χ1v) is 6.77. The van der Waals surface area contributed by atoms with Crippen molar-refractivity contribution in [2.45, 2.75) is 47.0 Å². The van der Waals surface area contributed by atoms with Crippen molar-refractivity contribution >= 4 is 0 Å². The number of nitrogens with zero attached hydrogens (tertiary/aromatic N) is 1. The average Bonchev–Trinajstić information content (AvgIpc) is 2.26. The Morgan fingerprint density at radius 3 is 2.31 bits per heavy atom. The molecule has 0 amide bonds. The van der Waals surface area contributed by atoms with Crippen molar-refractivity contribution < 1.29 is 0 Å². The molecule has 1 N–H and O–H groups in total. The normalized spacial score (nSPS) is 10.8. The number of hydrogen-bond acceptors (Lipinski definition) is 2. The Kier molecular flexibility index (Phi) is 9.40. The van der Waals surface area contributed by atoms with E-state index in [9.17, 15) is 0 Å². The van der Waals surface area contributed by atoms with Crippen molar-refractivity contribution in [1.29, 1.82) is 0 Å². The van der Waals surface area contributed by atoms with Gasteiger partial charge in [0.25, 0.3) is 0 Å². The van der Waals surface area contributed by atoms with E-state index in [-0.39, 0.29) is 0 Å². The quantitative estimate of drug-likeness (QED) is 0.575. The molecule has 0 aromatic carbocycles. The predicted octanol–water partition coefficient (Wildman–Crippen LogP) is 3.26. The highest BCUT2D eigenvalue weighted by Gasteiger charge is 2.09. The van der Waals surface area contributed by atoms with Gasteiger partial charge in [-0.05, 0) is 25.3 Å². The van der Waals surface area contributed by atoms with Crippen molar-refractivity contribution in [3.8, 4) is 0 Å². The zero-order chi connectivity index (χ0) is 12.4. The zero-order valence-corrected chi connectivity index (χ0v) is 11.7. The summed E-state index contributed by atoms with van der Waals surface area (Å²) in [4.78, 5) is 2.42. The van der Waals surface area contributed by atoms with E-state index in [0.717, 1.165) is 26.2 Å². The van der Waals surface area contributed by atoms with E-state index in [2.05, 4.69) is 44.5 Å². The highest BCUT2D eigenvalue weighted by atomic mass is 15.1. The molecule has 2 nitrogen and oxygen atoms in total. The monoisotopic (exact) mass is 226 g/mol. The van der Waals surface area contributed by atoms with Gasteiger partial charge in [-0.2, -0.15) is 0 Å². The van der Waals surface area contributed by atoms with Crippen LogP contribution < -0.4 is 5.32 Å². The molecule has 0 aromatic heterocycles. The Morgan fingerprint density at radius 1 is 1.12 bits per heavy atom. The number of nitrogens with one attached hydrogen (secondary N) is 1. The van der Waals surface area contributed by atoms with Crippen LogP contribution in [0.15, 0.2) is 12.3 Å². The first-order chi connectivity index (χ1) is 7.63. The van der Waals surface area contributed by atoms with Gasteiger partial charge in [-0.3, -0.25) is 0 Å². The Balaban J connectivity index is 3.80. The number of rotatable bonds is 10. The number of unbranched alkanes of at least 4 members (excludes halogenated alkanes) is 1. The van der Waals surface area contributed by atoms with Crippen molar-refractivity contribution in [3.05, 3.63) is 12.3 Å². The largest absolute Gasteiger partial charge is 0.374 e. The Labute approximate surface area is 102 Å². The van der Waals surface area contributed by atoms with Crippen LogP contribution in [0.2, 0.25) is 0 Å². The van der Waals surface area contributed by atoms with Crippen LogP contribution in [0.25, 0.3) is 0 Å². The van der Waals surface area contributed by atoms with Crippen molar-refractivity contribution in [2.75, 3.05) is 26.2 Å². The second-order valence-electron chi connectivity index (χ2n) is 4.74. The van der Waals surface area contributed by atoms with Crippen LogP contribution in [0, 0.1) is 5.92 Å². The molecule has 2 heteroatoms. The minimum Gasteiger partial charge on any atom is -0.374 e. The van der Waals surface area contributed by atoms with Crippen LogP contribution in [0.4, 0.5) is 0 Å². The fourth-order valence-electron chi connectivity index (χ4n) is 1.67. The second-order valence-corrected chi connectivity index (χ2v) is 4.74. The smallest absolute Gasteiger partial charge is 0.0300 e. The number of allylic oxidation sites excluding steroid dienone is 1. The molecular weight excluding hydrogens is 196 g/mol. The first kappa shape index (κ1) is 15.5. The third-order valence-corrected chi connectivity index (χ3v) is 2.83. The maximum atomic E-state index is 4.19. The molecule has 0 rings (SSSR count). The summed E-state index contributed by atoms with van der Waals surface area (Å²) in [6.45, 7) is 17.5. The molecule has 16 heavy (non-hydrogen) atoms. The van der Waals surface area contributed by atoms with Gasteiger partial charge in [-0.25, -0.2) is 0 Å². The summed E-state index contributed by atoms with van der Waals surface area (Å²) in [5.74, 6) is 0.558. The molecule has 0 spiro atoms. The number of hydrogen-bond donors (Lipinski definition) is 1. The molecule has 0 aromatic rings. The van der Waals surface area contributed by atoms with Gasteiger partial charge in [0.15, 0.2) is 0 Å². The van der Waals surface area contributed by atoms with Gasteiger partial charge in [0, 0.05) is 25.3 Å². The standard InChI is InChI=1S/C14H30N2/c1-6-8-9-15-10-12-16(11-7-2)14(5)13(3)4/h13,15H,5-12H2,1-4H3. The predicted molar refractivity (Wildman–Crippen MR) is 73.6 cm³/mol. The molecule has 0 radical (unpaired) electrons. The molecule has 0 atom stereocenters. The Bertz CT molecular complexity index is 176. The highest BCUT2D eigenvalue weighted by molar-refractivity contribution is 4.97. The van der Waals surface area contributed by atoms with Crippen LogP contribution in [0.3, 0.4) is 0 Å². The third-order valence-electron chi connectivity index (χ3n) is 2.83. The fraction of sp³-hybridized carbons (Fsp3) is 0.857. The van der Waals surface area contributed by atoms with Crippen LogP contribution in [-0.2, 0) is 0 Å². The summed E-state index contributed by atoms with van der Waals surface area (Å²) in [6, 6.07) is 0. The molecule has 0 aliphatic heterocycles. The van der Waals surface area contributed by atoms with E-state index in [1.165, 1.54) is 25.0 Å². The van der Waals surface area contributed by atoms with Crippen LogP contribution in [0.1, 0.15) is 47.0 Å². The second kappa shape index (κ2) is 9.71. The molecule has 0 saturated carbocycles. The lowest BCUT2D eigenvalue weighted by atomic mass is 10.1. The lowest BCUT2D eigenvalue weighted by Gasteiger charge is -2.28. The minimum atomic E-state index is 0.558. The summed E-state index contributed by atoms with van der Waals surface area (Å²) in [5.41, 5.74) is 1.28. The Hall–Kier alpha value is -0.500. The minimum absolute atomic E-state index is 0.558. The van der Waals surface area contributed by atoms with Crippen molar-refractivity contribution in [2.24, 2.45) is 5.92 Å². The topological polar surface area (TPSA) is 15.3 Å². The van der Waals surface area contributed by atoms with E-state index < -0.39 is 0 Å². The van der Waals surface area contributed by atoms with E-state index in [1.54, 1.807) is 0 Å². The third kappa shape index (κ3) is 6.89. The van der Waals surface area contributed by atoms with Gasteiger partial charge in [0.1, 0.15) is 0 Å². The van der Waals surface area contributed by atoms with E-state index in [1.807, 2.05) is 0 Å². The van der Waals surface area contributed by atoms with E-state index in [4.69, 9.17) is 0 Å². The molecule has 0 fully saturated rings. The van der Waals surface area contributed by atoms with Gasteiger partial charge in [0.2, 0.25) is 0 Å². The van der Waals surface area contributed by atoms with Gasteiger partial charge in [-0.1, -0.05) is 40.7 Å². The summed E-state index contributed by atoms with van der Waals surface area (Å²) >= 11 is 0. The molecule has 96 valence electrons.